The van der Waals surface area contributed by atoms with Gasteiger partial charge in [0.2, 0.25) is 0 Å². The monoisotopic (exact) mass is 237 g/mol. The van der Waals surface area contributed by atoms with E-state index in [9.17, 15) is 9.59 Å². The summed E-state index contributed by atoms with van der Waals surface area (Å²) in [5.41, 5.74) is 0.325. The molecule has 94 valence electrons. The largest absolute Gasteiger partial charge is 0.469 e. The second-order valence-corrected chi connectivity index (χ2v) is 4.99. The Balaban J connectivity index is 2.51. The van der Waals surface area contributed by atoms with Crippen LogP contribution in [0.25, 0.3) is 0 Å². The van der Waals surface area contributed by atoms with Crippen LogP contribution in [-0.4, -0.2) is 43.4 Å². The smallest absolute Gasteiger partial charge is 0.311 e. The van der Waals surface area contributed by atoms with Gasteiger partial charge in [0, 0.05) is 5.92 Å². The summed E-state index contributed by atoms with van der Waals surface area (Å²) < 4.78 is 4.86. The summed E-state index contributed by atoms with van der Waals surface area (Å²) in [5.74, 6) is -0.556. The minimum absolute atomic E-state index is 0.101. The number of carbonyl (C=O) groups excluding carboxylic acids is 2. The maximum absolute atomic E-state index is 12.4. The third kappa shape index (κ3) is 1.33. The summed E-state index contributed by atoms with van der Waals surface area (Å²) in [6.45, 7) is 2.03. The SMILES string of the molecule is CCC1=C[C@H]2C[C@@H](C(=O)OC)[C@]1(N(C)C)C2=O. The van der Waals surface area contributed by atoms with Crippen LogP contribution in [0.1, 0.15) is 19.8 Å². The Labute approximate surface area is 102 Å². The Morgan fingerprint density at radius 2 is 2.24 bits per heavy atom. The fourth-order valence-corrected chi connectivity index (χ4v) is 3.50. The van der Waals surface area contributed by atoms with Crippen molar-refractivity contribution in [2.24, 2.45) is 11.8 Å². The minimum Gasteiger partial charge on any atom is -0.469 e. The topological polar surface area (TPSA) is 46.6 Å². The van der Waals surface area contributed by atoms with E-state index in [-0.39, 0.29) is 23.6 Å². The average molecular weight is 237 g/mol. The van der Waals surface area contributed by atoms with Crippen LogP contribution in [0.4, 0.5) is 0 Å². The highest BCUT2D eigenvalue weighted by Crippen LogP contribution is 2.52. The van der Waals surface area contributed by atoms with E-state index >= 15 is 0 Å². The van der Waals surface area contributed by atoms with Crippen molar-refractivity contribution in [1.82, 2.24) is 4.90 Å². The van der Waals surface area contributed by atoms with Crippen molar-refractivity contribution < 1.29 is 14.3 Å². The predicted octanol–water partition coefficient (Wildman–Crippen LogP) is 1.01. The van der Waals surface area contributed by atoms with Crippen LogP contribution in [-0.2, 0) is 14.3 Å². The van der Waals surface area contributed by atoms with Gasteiger partial charge >= 0.3 is 5.97 Å². The highest BCUT2D eigenvalue weighted by molar-refractivity contribution is 6.05. The van der Waals surface area contributed by atoms with Gasteiger partial charge in [0.15, 0.2) is 5.78 Å². The number of ketones is 1. The maximum Gasteiger partial charge on any atom is 0.311 e. The molecule has 2 aliphatic rings. The number of likely N-dealkylation sites (N-methyl/N-ethyl adjacent to an activating group) is 1. The number of fused-ring (bicyclic) bond motifs is 2. The number of Topliss-reactive ketones (excluding diaryl/α,β-unsaturated/α-hetero) is 1. The lowest BCUT2D eigenvalue weighted by atomic mass is 9.77. The summed E-state index contributed by atoms with van der Waals surface area (Å²) >= 11 is 0. The van der Waals surface area contributed by atoms with Crippen molar-refractivity contribution in [3.8, 4) is 0 Å². The molecule has 0 unspecified atom stereocenters. The lowest BCUT2D eigenvalue weighted by Crippen LogP contribution is -2.55. The standard InChI is InChI=1S/C13H19NO3/c1-5-9-6-8-7-10(12(16)17-4)13(9,11(8)15)14(2)3/h6,8,10H,5,7H2,1-4H3/t8-,10-,13-/m0/s1. The molecule has 0 heterocycles. The summed E-state index contributed by atoms with van der Waals surface area (Å²) in [4.78, 5) is 26.2. The second-order valence-electron chi connectivity index (χ2n) is 4.99. The van der Waals surface area contributed by atoms with Gasteiger partial charge in [-0.15, -0.1) is 0 Å². The van der Waals surface area contributed by atoms with E-state index in [0.29, 0.717) is 6.42 Å². The highest BCUT2D eigenvalue weighted by atomic mass is 16.5. The predicted molar refractivity (Wildman–Crippen MR) is 63.4 cm³/mol. The van der Waals surface area contributed by atoms with Gasteiger partial charge in [-0.1, -0.05) is 13.0 Å². The van der Waals surface area contributed by atoms with E-state index in [1.165, 1.54) is 7.11 Å². The number of carbonyl (C=O) groups is 2. The zero-order valence-corrected chi connectivity index (χ0v) is 10.8. The molecule has 0 spiro atoms. The normalized spacial score (nSPS) is 35.4. The van der Waals surface area contributed by atoms with E-state index in [0.717, 1.165) is 12.0 Å². The van der Waals surface area contributed by atoms with Gasteiger partial charge in [0.05, 0.1) is 13.0 Å². The molecule has 4 nitrogen and oxygen atoms in total. The molecule has 0 saturated heterocycles. The quantitative estimate of drug-likeness (QED) is 0.543. The molecule has 17 heavy (non-hydrogen) atoms. The van der Waals surface area contributed by atoms with Crippen LogP contribution in [0.15, 0.2) is 11.6 Å². The van der Waals surface area contributed by atoms with E-state index < -0.39 is 5.54 Å². The fourth-order valence-electron chi connectivity index (χ4n) is 3.50. The van der Waals surface area contributed by atoms with Crippen LogP contribution in [0.3, 0.4) is 0 Å². The van der Waals surface area contributed by atoms with Crippen molar-refractivity contribution in [1.29, 1.82) is 0 Å². The first kappa shape index (κ1) is 12.3. The molecular formula is C13H19NO3. The van der Waals surface area contributed by atoms with Gasteiger partial charge < -0.3 is 4.74 Å². The van der Waals surface area contributed by atoms with E-state index in [4.69, 9.17) is 4.74 Å². The average Bonchev–Trinajstić information content (AvgIpc) is 2.77. The molecule has 0 amide bonds. The molecule has 2 aliphatic carbocycles. The van der Waals surface area contributed by atoms with Gasteiger partial charge in [0.1, 0.15) is 5.54 Å². The van der Waals surface area contributed by atoms with Gasteiger partial charge in [-0.05, 0) is 32.5 Å². The van der Waals surface area contributed by atoms with Crippen LogP contribution < -0.4 is 0 Å². The molecule has 0 N–H and O–H groups in total. The molecule has 0 aromatic rings. The van der Waals surface area contributed by atoms with Gasteiger partial charge in [-0.3, -0.25) is 14.5 Å². The lowest BCUT2D eigenvalue weighted by molar-refractivity contribution is -0.150. The number of ether oxygens (including phenoxy) is 1. The first-order chi connectivity index (χ1) is 7.99. The molecule has 1 fully saturated rings. The number of esters is 1. The molecule has 2 bridgehead atoms. The van der Waals surface area contributed by atoms with Crippen LogP contribution in [0.2, 0.25) is 0 Å². The number of rotatable bonds is 3. The molecule has 3 atom stereocenters. The van der Waals surface area contributed by atoms with E-state index in [1.54, 1.807) is 0 Å². The van der Waals surface area contributed by atoms with Crippen molar-refractivity contribution in [3.63, 3.8) is 0 Å². The number of allylic oxidation sites excluding steroid dienone is 1. The molecule has 2 rings (SSSR count). The number of hydrogen-bond donors (Lipinski definition) is 0. The van der Waals surface area contributed by atoms with E-state index in [1.807, 2.05) is 32.0 Å². The van der Waals surface area contributed by atoms with Crippen molar-refractivity contribution >= 4 is 11.8 Å². The summed E-state index contributed by atoms with van der Waals surface area (Å²) in [7, 11) is 5.12. The Morgan fingerprint density at radius 3 is 2.71 bits per heavy atom. The Kier molecular flexibility index (Phi) is 2.86. The molecule has 1 saturated carbocycles. The molecule has 0 aromatic heterocycles. The van der Waals surface area contributed by atoms with Crippen LogP contribution in [0, 0.1) is 11.8 Å². The molecule has 0 radical (unpaired) electrons. The fraction of sp³-hybridized carbons (Fsp3) is 0.692. The number of hydrogen-bond acceptors (Lipinski definition) is 4. The van der Waals surface area contributed by atoms with Gasteiger partial charge in [0.25, 0.3) is 0 Å². The first-order valence-electron chi connectivity index (χ1n) is 6.00. The van der Waals surface area contributed by atoms with Crippen molar-refractivity contribution in [2.75, 3.05) is 21.2 Å². The Hall–Kier alpha value is -1.16. The van der Waals surface area contributed by atoms with Gasteiger partial charge in [-0.2, -0.15) is 0 Å². The third-order valence-corrected chi connectivity index (χ3v) is 4.17. The van der Waals surface area contributed by atoms with Crippen molar-refractivity contribution in [3.05, 3.63) is 11.6 Å². The summed E-state index contributed by atoms with van der Waals surface area (Å²) in [6, 6.07) is 0. The molecule has 0 aliphatic heterocycles. The zero-order valence-electron chi connectivity index (χ0n) is 10.8. The Bertz CT molecular complexity index is 399. The Morgan fingerprint density at radius 1 is 1.59 bits per heavy atom. The summed E-state index contributed by atoms with van der Waals surface area (Å²) in [6.07, 6.45) is 3.43. The summed E-state index contributed by atoms with van der Waals surface area (Å²) in [5, 5.41) is 0. The molecular weight excluding hydrogens is 218 g/mol. The molecule has 0 aromatic carbocycles. The minimum atomic E-state index is -0.744. The lowest BCUT2D eigenvalue weighted by Gasteiger charge is -2.39. The van der Waals surface area contributed by atoms with Crippen LogP contribution in [0.5, 0.6) is 0 Å². The zero-order chi connectivity index (χ0) is 12.8. The van der Waals surface area contributed by atoms with Crippen molar-refractivity contribution in [2.45, 2.75) is 25.3 Å². The third-order valence-electron chi connectivity index (χ3n) is 4.17. The maximum atomic E-state index is 12.4. The van der Waals surface area contributed by atoms with Gasteiger partial charge in [-0.25, -0.2) is 0 Å². The number of methoxy groups -OCH3 is 1. The number of nitrogens with zero attached hydrogens (tertiary/aromatic N) is 1. The highest BCUT2D eigenvalue weighted by Gasteiger charge is 2.64. The second kappa shape index (κ2) is 3.95. The van der Waals surface area contributed by atoms with E-state index in [2.05, 4.69) is 0 Å². The van der Waals surface area contributed by atoms with Crippen LogP contribution >= 0.6 is 0 Å². The molecule has 4 heteroatoms. The first-order valence-corrected chi connectivity index (χ1v) is 6.00.